The maximum Gasteiger partial charge on any atom is 0.302 e. The summed E-state index contributed by atoms with van der Waals surface area (Å²) in [5.74, 6) is -0.700. The van der Waals surface area contributed by atoms with Crippen LogP contribution in [-0.2, 0) is 17.9 Å². The van der Waals surface area contributed by atoms with Crippen LogP contribution in [0.2, 0.25) is 5.02 Å². The van der Waals surface area contributed by atoms with Gasteiger partial charge in [0, 0.05) is 34.1 Å². The highest BCUT2D eigenvalue weighted by Gasteiger charge is 2.34. The molecule has 0 saturated carbocycles. The third-order valence-electron chi connectivity index (χ3n) is 7.08. The number of oxazole rings is 1. The molecule has 1 aliphatic rings. The number of carbonyl (C=O) groups excluding carboxylic acids is 1. The minimum absolute atomic E-state index is 0.114. The third-order valence-corrected chi connectivity index (χ3v) is 7.40. The Morgan fingerprint density at radius 3 is 2.64 bits per heavy atom. The fraction of sp³-hybridized carbons (Fsp3) is 0.161. The molecule has 0 saturated heterocycles. The van der Waals surface area contributed by atoms with Crippen LogP contribution in [0.5, 0.6) is 0 Å². The molecule has 9 nitrogen and oxygen atoms in total. The predicted octanol–water partition coefficient (Wildman–Crippen LogP) is 5.96. The molecule has 0 bridgehead atoms. The Kier molecular flexibility index (Phi) is 7.22. The highest BCUT2D eigenvalue weighted by Crippen LogP contribution is 2.38. The molecule has 1 atom stereocenters. The Labute approximate surface area is 246 Å². The number of hydrogen-bond donors (Lipinski definition) is 2. The summed E-state index contributed by atoms with van der Waals surface area (Å²) in [6.45, 7) is 4.65. The molecule has 2 aromatic heterocycles. The number of rotatable bonds is 7. The van der Waals surface area contributed by atoms with E-state index in [4.69, 9.17) is 26.7 Å². The van der Waals surface area contributed by atoms with E-state index in [1.54, 1.807) is 13.1 Å². The van der Waals surface area contributed by atoms with Crippen molar-refractivity contribution in [3.63, 3.8) is 0 Å². The van der Waals surface area contributed by atoms with Crippen molar-refractivity contribution in [3.8, 4) is 0 Å². The number of benzene rings is 3. The van der Waals surface area contributed by atoms with E-state index < -0.39 is 17.8 Å². The van der Waals surface area contributed by atoms with Gasteiger partial charge in [0.2, 0.25) is 11.9 Å². The van der Waals surface area contributed by atoms with Crippen molar-refractivity contribution in [1.82, 2.24) is 19.7 Å². The van der Waals surface area contributed by atoms with Crippen molar-refractivity contribution < 1.29 is 13.6 Å². The number of aromatic nitrogens is 3. The van der Waals surface area contributed by atoms with Gasteiger partial charge in [-0.3, -0.25) is 14.8 Å². The zero-order chi connectivity index (χ0) is 29.4. The molecule has 42 heavy (non-hydrogen) atoms. The number of aryl methyl sites for hydroxylation is 1. The van der Waals surface area contributed by atoms with E-state index in [-0.39, 0.29) is 11.6 Å². The van der Waals surface area contributed by atoms with Crippen LogP contribution in [0.1, 0.15) is 35.2 Å². The first-order chi connectivity index (χ1) is 20.2. The summed E-state index contributed by atoms with van der Waals surface area (Å²) in [6, 6.07) is 19.0. The molecule has 5 aromatic rings. The Morgan fingerprint density at radius 2 is 1.88 bits per heavy atom. The first-order valence-electron chi connectivity index (χ1n) is 13.3. The second-order valence-corrected chi connectivity index (χ2v) is 10.5. The molecular formula is C31H27ClFN7O2. The number of halogens is 2. The molecule has 0 aliphatic carbocycles. The average molecular weight is 584 g/mol. The first kappa shape index (κ1) is 27.2. The quantitative estimate of drug-likeness (QED) is 0.244. The van der Waals surface area contributed by atoms with Crippen LogP contribution in [-0.4, -0.2) is 31.5 Å². The number of anilines is 1. The lowest BCUT2D eigenvalue weighted by Gasteiger charge is -2.34. The van der Waals surface area contributed by atoms with Crippen LogP contribution < -0.4 is 11.1 Å². The number of nitrogens with zero attached hydrogens (tertiary/aromatic N) is 5. The van der Waals surface area contributed by atoms with Gasteiger partial charge < -0.3 is 15.1 Å². The number of guanidine groups is 1. The maximum atomic E-state index is 13.8. The molecular weight excluding hydrogens is 557 g/mol. The maximum absolute atomic E-state index is 13.8. The first-order valence-corrected chi connectivity index (χ1v) is 13.6. The predicted molar refractivity (Wildman–Crippen MR) is 159 cm³/mol. The van der Waals surface area contributed by atoms with E-state index in [0.717, 1.165) is 16.7 Å². The Balaban J connectivity index is 1.39. The number of nitrogens with one attached hydrogen (secondary N) is 1. The SMILES string of the molecule is CC1=C(C(N)=O)C(c2ccc(C)cc2Cl)N=C(Nc2nc3ccc(F)cc3o2)N1Cc1cnn(Cc2ccccc2)c1. The molecule has 0 spiro atoms. The zero-order valence-corrected chi connectivity index (χ0v) is 23.6. The van der Waals surface area contributed by atoms with Gasteiger partial charge in [-0.1, -0.05) is 54.1 Å². The van der Waals surface area contributed by atoms with Crippen LogP contribution >= 0.6 is 11.6 Å². The number of fused-ring (bicyclic) bond motifs is 1. The molecule has 1 aliphatic heterocycles. The fourth-order valence-corrected chi connectivity index (χ4v) is 5.36. The summed E-state index contributed by atoms with van der Waals surface area (Å²) in [4.78, 5) is 24.0. The number of aliphatic imine (C=N–C) groups is 1. The Bertz CT molecular complexity index is 1860. The van der Waals surface area contributed by atoms with Gasteiger partial charge in [-0.15, -0.1) is 0 Å². The molecule has 1 amide bonds. The van der Waals surface area contributed by atoms with Gasteiger partial charge in [-0.2, -0.15) is 10.1 Å². The van der Waals surface area contributed by atoms with Crippen molar-refractivity contribution >= 4 is 40.6 Å². The molecule has 212 valence electrons. The second-order valence-electron chi connectivity index (χ2n) is 10.1. The minimum Gasteiger partial charge on any atom is -0.423 e. The van der Waals surface area contributed by atoms with Crippen LogP contribution in [0.15, 0.2) is 99.8 Å². The number of nitrogens with two attached hydrogens (primary N) is 1. The summed E-state index contributed by atoms with van der Waals surface area (Å²) in [6.07, 6.45) is 3.70. The molecule has 11 heteroatoms. The Morgan fingerprint density at radius 1 is 1.07 bits per heavy atom. The topological polar surface area (TPSA) is 115 Å². The summed E-state index contributed by atoms with van der Waals surface area (Å²) in [5.41, 5.74) is 11.2. The third kappa shape index (κ3) is 5.48. The van der Waals surface area contributed by atoms with Gasteiger partial charge in [0.05, 0.1) is 24.9 Å². The minimum atomic E-state index is -0.781. The highest BCUT2D eigenvalue weighted by molar-refractivity contribution is 6.31. The summed E-state index contributed by atoms with van der Waals surface area (Å²) < 4.78 is 21.4. The molecule has 3 N–H and O–H groups in total. The van der Waals surface area contributed by atoms with E-state index >= 15 is 0 Å². The van der Waals surface area contributed by atoms with Crippen LogP contribution in [0.4, 0.5) is 10.4 Å². The molecule has 6 rings (SSSR count). The smallest absolute Gasteiger partial charge is 0.302 e. The summed E-state index contributed by atoms with van der Waals surface area (Å²) >= 11 is 6.64. The fourth-order valence-electron chi connectivity index (χ4n) is 5.02. The monoisotopic (exact) mass is 583 g/mol. The molecule has 3 heterocycles. The average Bonchev–Trinajstić information content (AvgIpc) is 3.56. The van der Waals surface area contributed by atoms with Crippen molar-refractivity contribution in [2.45, 2.75) is 33.0 Å². The normalized spacial score (nSPS) is 15.3. The van der Waals surface area contributed by atoms with Crippen LogP contribution in [0.25, 0.3) is 11.1 Å². The van der Waals surface area contributed by atoms with Crippen molar-refractivity contribution in [1.29, 1.82) is 0 Å². The van der Waals surface area contributed by atoms with E-state index in [1.165, 1.54) is 18.2 Å². The van der Waals surface area contributed by atoms with E-state index in [1.807, 2.05) is 71.2 Å². The van der Waals surface area contributed by atoms with Gasteiger partial charge in [-0.25, -0.2) is 9.38 Å². The number of primary amides is 1. The van der Waals surface area contributed by atoms with Crippen molar-refractivity contribution in [2.24, 2.45) is 10.7 Å². The van der Waals surface area contributed by atoms with Crippen molar-refractivity contribution in [3.05, 3.63) is 123 Å². The number of hydrogen-bond acceptors (Lipinski definition) is 7. The van der Waals surface area contributed by atoms with Gasteiger partial charge in [-0.05, 0) is 43.2 Å². The standard InChI is InChI=1S/C31H27ClFN7O2/c1-18-8-10-23(24(32)12-18)28-27(29(34)41)19(2)40(17-21-14-35-39(16-21)15-20-6-4-3-5-7-20)30(37-28)38-31-36-25-11-9-22(33)13-26(25)42-31/h3-14,16,28H,15,17H2,1-2H3,(H2,34,41)(H,36,37,38). The number of amides is 1. The van der Waals surface area contributed by atoms with Gasteiger partial charge in [0.15, 0.2) is 5.58 Å². The lowest BCUT2D eigenvalue weighted by atomic mass is 9.94. The van der Waals surface area contributed by atoms with E-state index in [0.29, 0.717) is 46.4 Å². The summed E-state index contributed by atoms with van der Waals surface area (Å²) in [7, 11) is 0. The summed E-state index contributed by atoms with van der Waals surface area (Å²) in [5, 5.41) is 8.13. The largest absolute Gasteiger partial charge is 0.423 e. The van der Waals surface area contributed by atoms with Crippen molar-refractivity contribution in [2.75, 3.05) is 5.32 Å². The molecule has 0 radical (unpaired) electrons. The van der Waals surface area contributed by atoms with E-state index in [2.05, 4.69) is 15.4 Å². The van der Waals surface area contributed by atoms with Gasteiger partial charge >= 0.3 is 6.01 Å². The molecule has 3 aromatic carbocycles. The zero-order valence-electron chi connectivity index (χ0n) is 22.9. The van der Waals surface area contributed by atoms with Crippen LogP contribution in [0.3, 0.4) is 0 Å². The van der Waals surface area contributed by atoms with E-state index in [9.17, 15) is 9.18 Å². The number of allylic oxidation sites excluding steroid dienone is 1. The highest BCUT2D eigenvalue weighted by atomic mass is 35.5. The second kappa shape index (κ2) is 11.1. The lowest BCUT2D eigenvalue weighted by molar-refractivity contribution is -0.115. The lowest BCUT2D eigenvalue weighted by Crippen LogP contribution is -2.41. The van der Waals surface area contributed by atoms with Crippen LogP contribution in [0, 0.1) is 12.7 Å². The Hall–Kier alpha value is -4.96. The molecule has 1 unspecified atom stereocenters. The molecule has 0 fully saturated rings. The number of carbonyl (C=O) groups is 1. The van der Waals surface area contributed by atoms with Gasteiger partial charge in [0.1, 0.15) is 17.4 Å². The van der Waals surface area contributed by atoms with Gasteiger partial charge in [0.25, 0.3) is 0 Å².